The summed E-state index contributed by atoms with van der Waals surface area (Å²) in [6.45, 7) is 3.20. The highest BCUT2D eigenvalue weighted by Crippen LogP contribution is 2.14. The molecule has 0 radical (unpaired) electrons. The molecule has 0 saturated carbocycles. The molecule has 0 aliphatic carbocycles. The van der Waals surface area contributed by atoms with Crippen LogP contribution in [0, 0.1) is 0 Å². The fraction of sp³-hybridized carbons (Fsp3) is 0.385. The van der Waals surface area contributed by atoms with Gasteiger partial charge < -0.3 is 10.5 Å². The van der Waals surface area contributed by atoms with Crippen LogP contribution in [0.5, 0.6) is 0 Å². The van der Waals surface area contributed by atoms with Crippen molar-refractivity contribution in [1.29, 1.82) is 0 Å². The molecule has 0 aliphatic rings. The summed E-state index contributed by atoms with van der Waals surface area (Å²) in [7, 11) is 0. The molecule has 2 N–H and O–H groups in total. The fourth-order valence-corrected chi connectivity index (χ4v) is 1.52. The standard InChI is InChI=1S/C13H17NO3/c1-3-17-12(16)13(14,10(2)15)9-11-7-5-4-6-8-11/h4-8H,3,9,14H2,1-2H3. The minimum absolute atomic E-state index is 0.155. The third-order valence-electron chi connectivity index (χ3n) is 2.59. The number of ketones is 1. The van der Waals surface area contributed by atoms with Crippen LogP contribution in [0.15, 0.2) is 30.3 Å². The van der Waals surface area contributed by atoms with Crippen LogP contribution in [0.3, 0.4) is 0 Å². The third kappa shape index (κ3) is 3.14. The fourth-order valence-electron chi connectivity index (χ4n) is 1.52. The van der Waals surface area contributed by atoms with Crippen molar-refractivity contribution >= 4 is 11.8 Å². The molecule has 17 heavy (non-hydrogen) atoms. The van der Waals surface area contributed by atoms with Gasteiger partial charge in [-0.15, -0.1) is 0 Å². The zero-order chi connectivity index (χ0) is 12.9. The Morgan fingerprint density at radius 2 is 1.88 bits per heavy atom. The molecular weight excluding hydrogens is 218 g/mol. The Morgan fingerprint density at radius 3 is 2.35 bits per heavy atom. The summed E-state index contributed by atoms with van der Waals surface area (Å²) in [5.74, 6) is -1.06. The van der Waals surface area contributed by atoms with E-state index in [4.69, 9.17) is 10.5 Å². The summed E-state index contributed by atoms with van der Waals surface area (Å²) in [6, 6.07) is 9.18. The van der Waals surface area contributed by atoms with E-state index in [9.17, 15) is 9.59 Å². The van der Waals surface area contributed by atoms with E-state index < -0.39 is 11.5 Å². The number of ether oxygens (including phenoxy) is 1. The van der Waals surface area contributed by atoms with Crippen molar-refractivity contribution in [1.82, 2.24) is 0 Å². The number of hydrogen-bond donors (Lipinski definition) is 1. The number of nitrogens with two attached hydrogens (primary N) is 1. The predicted octanol–water partition coefficient (Wildman–Crippen LogP) is 1.08. The van der Waals surface area contributed by atoms with Crippen molar-refractivity contribution in [3.63, 3.8) is 0 Å². The Kier molecular flexibility index (Phi) is 4.40. The minimum Gasteiger partial charge on any atom is -0.464 e. The minimum atomic E-state index is -1.59. The smallest absolute Gasteiger partial charge is 0.334 e. The van der Waals surface area contributed by atoms with Crippen molar-refractivity contribution in [3.05, 3.63) is 35.9 Å². The molecule has 1 unspecified atom stereocenters. The summed E-state index contributed by atoms with van der Waals surface area (Å²) >= 11 is 0. The van der Waals surface area contributed by atoms with E-state index in [1.54, 1.807) is 6.92 Å². The normalized spacial score (nSPS) is 13.8. The van der Waals surface area contributed by atoms with Gasteiger partial charge in [-0.3, -0.25) is 4.79 Å². The summed E-state index contributed by atoms with van der Waals surface area (Å²) in [4.78, 5) is 23.3. The number of Topliss-reactive ketones (excluding diaryl/α,β-unsaturated/α-hetero) is 1. The molecule has 92 valence electrons. The third-order valence-corrected chi connectivity index (χ3v) is 2.59. The maximum absolute atomic E-state index is 11.7. The average molecular weight is 235 g/mol. The van der Waals surface area contributed by atoms with E-state index >= 15 is 0 Å². The number of rotatable bonds is 5. The van der Waals surface area contributed by atoms with Gasteiger partial charge in [0.05, 0.1) is 6.61 Å². The lowest BCUT2D eigenvalue weighted by molar-refractivity contribution is -0.153. The maximum atomic E-state index is 11.7. The quantitative estimate of drug-likeness (QED) is 0.612. The molecule has 0 amide bonds. The Balaban J connectivity index is 2.93. The topological polar surface area (TPSA) is 69.4 Å². The van der Waals surface area contributed by atoms with Gasteiger partial charge in [0.2, 0.25) is 0 Å². The molecular formula is C13H17NO3. The van der Waals surface area contributed by atoms with Crippen molar-refractivity contribution in [2.75, 3.05) is 6.61 Å². The summed E-state index contributed by atoms with van der Waals surface area (Å²) in [6.07, 6.45) is 0.155. The number of carbonyl (C=O) groups is 2. The number of benzene rings is 1. The Morgan fingerprint density at radius 1 is 1.29 bits per heavy atom. The van der Waals surface area contributed by atoms with E-state index in [0.717, 1.165) is 5.56 Å². The second-order valence-corrected chi connectivity index (χ2v) is 3.91. The highest BCUT2D eigenvalue weighted by Gasteiger charge is 2.40. The van der Waals surface area contributed by atoms with Gasteiger partial charge in [0.1, 0.15) is 0 Å². The summed E-state index contributed by atoms with van der Waals surface area (Å²) < 4.78 is 4.86. The molecule has 0 fully saturated rings. The van der Waals surface area contributed by atoms with Gasteiger partial charge in [0.25, 0.3) is 0 Å². The SMILES string of the molecule is CCOC(=O)C(N)(Cc1ccccc1)C(C)=O. The second-order valence-electron chi connectivity index (χ2n) is 3.91. The zero-order valence-corrected chi connectivity index (χ0v) is 10.1. The second kappa shape index (κ2) is 5.59. The first kappa shape index (κ1) is 13.4. The van der Waals surface area contributed by atoms with E-state index in [1.165, 1.54) is 6.92 Å². The maximum Gasteiger partial charge on any atom is 0.334 e. The number of esters is 1. The zero-order valence-electron chi connectivity index (χ0n) is 10.1. The molecule has 0 aliphatic heterocycles. The lowest BCUT2D eigenvalue weighted by Gasteiger charge is -2.24. The van der Waals surface area contributed by atoms with Gasteiger partial charge >= 0.3 is 5.97 Å². The predicted molar refractivity (Wildman–Crippen MR) is 64.4 cm³/mol. The van der Waals surface area contributed by atoms with Gasteiger partial charge in [-0.1, -0.05) is 30.3 Å². The molecule has 0 bridgehead atoms. The lowest BCUT2D eigenvalue weighted by atomic mass is 9.88. The van der Waals surface area contributed by atoms with Crippen LogP contribution in [-0.2, 0) is 20.7 Å². The van der Waals surface area contributed by atoms with Gasteiger partial charge in [0.15, 0.2) is 11.3 Å². The molecule has 4 nitrogen and oxygen atoms in total. The molecule has 1 aromatic carbocycles. The largest absolute Gasteiger partial charge is 0.464 e. The Labute approximate surface area is 101 Å². The van der Waals surface area contributed by atoms with Crippen molar-refractivity contribution in [2.45, 2.75) is 25.8 Å². The van der Waals surface area contributed by atoms with Crippen LogP contribution in [0.1, 0.15) is 19.4 Å². The Bertz CT molecular complexity index is 402. The molecule has 4 heteroatoms. The van der Waals surface area contributed by atoms with E-state index in [1.807, 2.05) is 30.3 Å². The lowest BCUT2D eigenvalue weighted by Crippen LogP contribution is -2.56. The monoisotopic (exact) mass is 235 g/mol. The van der Waals surface area contributed by atoms with Gasteiger partial charge in [-0.25, -0.2) is 4.79 Å². The van der Waals surface area contributed by atoms with Crippen LogP contribution < -0.4 is 5.73 Å². The summed E-state index contributed by atoms with van der Waals surface area (Å²) in [5.41, 5.74) is 5.12. The first-order chi connectivity index (χ1) is 8.00. The van der Waals surface area contributed by atoms with Crippen LogP contribution in [-0.4, -0.2) is 23.9 Å². The first-order valence-corrected chi connectivity index (χ1v) is 5.51. The van der Waals surface area contributed by atoms with Crippen molar-refractivity contribution < 1.29 is 14.3 Å². The number of hydrogen-bond acceptors (Lipinski definition) is 4. The van der Waals surface area contributed by atoms with E-state index in [-0.39, 0.29) is 18.8 Å². The molecule has 1 atom stereocenters. The highest BCUT2D eigenvalue weighted by molar-refractivity contribution is 6.07. The molecule has 0 aromatic heterocycles. The molecule has 0 heterocycles. The van der Waals surface area contributed by atoms with Crippen LogP contribution in [0.25, 0.3) is 0 Å². The first-order valence-electron chi connectivity index (χ1n) is 5.51. The highest BCUT2D eigenvalue weighted by atomic mass is 16.5. The van der Waals surface area contributed by atoms with Gasteiger partial charge in [-0.2, -0.15) is 0 Å². The average Bonchev–Trinajstić information content (AvgIpc) is 2.30. The molecule has 1 rings (SSSR count). The van der Waals surface area contributed by atoms with Crippen molar-refractivity contribution in [2.24, 2.45) is 5.73 Å². The molecule has 1 aromatic rings. The van der Waals surface area contributed by atoms with Crippen LogP contribution in [0.4, 0.5) is 0 Å². The molecule has 0 saturated heterocycles. The van der Waals surface area contributed by atoms with Gasteiger partial charge in [0, 0.05) is 6.42 Å². The number of carbonyl (C=O) groups excluding carboxylic acids is 2. The summed E-state index contributed by atoms with van der Waals surface area (Å²) in [5, 5.41) is 0. The van der Waals surface area contributed by atoms with E-state index in [2.05, 4.69) is 0 Å². The Hall–Kier alpha value is -1.68. The van der Waals surface area contributed by atoms with E-state index in [0.29, 0.717) is 0 Å². The van der Waals surface area contributed by atoms with Crippen molar-refractivity contribution in [3.8, 4) is 0 Å². The van der Waals surface area contributed by atoms with Crippen LogP contribution in [0.2, 0.25) is 0 Å². The van der Waals surface area contributed by atoms with Gasteiger partial charge in [-0.05, 0) is 19.4 Å². The van der Waals surface area contributed by atoms with Crippen LogP contribution >= 0.6 is 0 Å². The molecule has 0 spiro atoms.